The van der Waals surface area contributed by atoms with Crippen LogP contribution >= 0.6 is 0 Å². The third-order valence-electron chi connectivity index (χ3n) is 4.93. The summed E-state index contributed by atoms with van der Waals surface area (Å²) in [5.41, 5.74) is 0.966. The van der Waals surface area contributed by atoms with Crippen molar-refractivity contribution < 1.29 is 9.59 Å². The fourth-order valence-corrected chi connectivity index (χ4v) is 4.06. The standard InChI is InChI=1S/C17H27N5O2/c1-10(2)7-22-13-14(20(5)17(24)19-15(13)23)18-16(22)21-8-11(3)6-12(4)9-21/h11-14H,1,6-9H2,2-5H3,(H,19,23,24). The van der Waals surface area contributed by atoms with Crippen molar-refractivity contribution in [1.82, 2.24) is 20.0 Å². The number of piperidine rings is 1. The van der Waals surface area contributed by atoms with Gasteiger partial charge in [0.2, 0.25) is 0 Å². The molecule has 0 aliphatic carbocycles. The van der Waals surface area contributed by atoms with E-state index in [9.17, 15) is 9.59 Å². The molecule has 0 radical (unpaired) electrons. The van der Waals surface area contributed by atoms with E-state index >= 15 is 0 Å². The van der Waals surface area contributed by atoms with E-state index in [0.29, 0.717) is 18.4 Å². The molecule has 2 fully saturated rings. The minimum atomic E-state index is -0.480. The molecule has 3 aliphatic rings. The van der Waals surface area contributed by atoms with Gasteiger partial charge in [-0.3, -0.25) is 10.1 Å². The molecule has 24 heavy (non-hydrogen) atoms. The number of urea groups is 1. The molecule has 4 unspecified atom stereocenters. The molecule has 0 aromatic heterocycles. The summed E-state index contributed by atoms with van der Waals surface area (Å²) in [7, 11) is 1.69. The molecular weight excluding hydrogens is 306 g/mol. The van der Waals surface area contributed by atoms with Crippen LogP contribution in [0.1, 0.15) is 27.2 Å². The van der Waals surface area contributed by atoms with Crippen LogP contribution in [-0.2, 0) is 4.79 Å². The average Bonchev–Trinajstić information content (AvgIpc) is 2.83. The van der Waals surface area contributed by atoms with Crippen LogP contribution in [0.2, 0.25) is 0 Å². The van der Waals surface area contributed by atoms with Gasteiger partial charge in [-0.15, -0.1) is 0 Å². The second-order valence-electron chi connectivity index (χ2n) is 7.63. The van der Waals surface area contributed by atoms with Gasteiger partial charge in [-0.05, 0) is 25.2 Å². The second kappa shape index (κ2) is 6.11. The highest BCUT2D eigenvalue weighted by atomic mass is 16.2. The fourth-order valence-electron chi connectivity index (χ4n) is 4.06. The SMILES string of the molecule is C=C(C)CN1C(N2CC(C)CC(C)C2)=NC2C1C(=O)NC(=O)N2C. The smallest absolute Gasteiger partial charge is 0.325 e. The molecule has 7 nitrogen and oxygen atoms in total. The summed E-state index contributed by atoms with van der Waals surface area (Å²) in [5, 5.41) is 2.43. The van der Waals surface area contributed by atoms with Crippen molar-refractivity contribution in [2.24, 2.45) is 16.8 Å². The predicted octanol–water partition coefficient (Wildman–Crippen LogP) is 1.09. The van der Waals surface area contributed by atoms with Gasteiger partial charge < -0.3 is 14.7 Å². The minimum Gasteiger partial charge on any atom is -0.342 e. The van der Waals surface area contributed by atoms with Gasteiger partial charge >= 0.3 is 6.03 Å². The van der Waals surface area contributed by atoms with Crippen LogP contribution in [0.4, 0.5) is 4.79 Å². The van der Waals surface area contributed by atoms with E-state index in [-0.39, 0.29) is 11.9 Å². The molecule has 1 N–H and O–H groups in total. The number of nitrogens with zero attached hydrogens (tertiary/aromatic N) is 4. The van der Waals surface area contributed by atoms with E-state index in [0.717, 1.165) is 24.6 Å². The number of hydrogen-bond donors (Lipinski definition) is 1. The van der Waals surface area contributed by atoms with Gasteiger partial charge in [-0.25, -0.2) is 9.79 Å². The molecule has 0 aromatic carbocycles. The van der Waals surface area contributed by atoms with E-state index in [1.165, 1.54) is 11.3 Å². The highest BCUT2D eigenvalue weighted by molar-refractivity contribution is 6.03. The lowest BCUT2D eigenvalue weighted by Gasteiger charge is -2.41. The second-order valence-corrected chi connectivity index (χ2v) is 7.63. The van der Waals surface area contributed by atoms with Crippen molar-refractivity contribution >= 4 is 17.9 Å². The third-order valence-corrected chi connectivity index (χ3v) is 4.93. The van der Waals surface area contributed by atoms with Crippen LogP contribution in [0.5, 0.6) is 0 Å². The summed E-state index contributed by atoms with van der Waals surface area (Å²) in [6.45, 7) is 12.9. The number of carbonyl (C=O) groups excluding carboxylic acids is 2. The van der Waals surface area contributed by atoms with E-state index in [2.05, 4.69) is 30.6 Å². The van der Waals surface area contributed by atoms with Gasteiger partial charge in [0.05, 0.1) is 0 Å². The van der Waals surface area contributed by atoms with Crippen LogP contribution in [-0.4, -0.2) is 71.5 Å². The highest BCUT2D eigenvalue weighted by Gasteiger charge is 2.50. The van der Waals surface area contributed by atoms with E-state index in [1.54, 1.807) is 7.05 Å². The summed E-state index contributed by atoms with van der Waals surface area (Å²) >= 11 is 0. The van der Waals surface area contributed by atoms with E-state index in [1.807, 2.05) is 11.8 Å². The number of likely N-dealkylation sites (N-methyl/N-ethyl adjacent to an activating group) is 1. The quantitative estimate of drug-likeness (QED) is 0.768. The van der Waals surface area contributed by atoms with Crippen molar-refractivity contribution in [1.29, 1.82) is 0 Å². The van der Waals surface area contributed by atoms with E-state index < -0.39 is 12.2 Å². The van der Waals surface area contributed by atoms with Crippen molar-refractivity contribution in [3.05, 3.63) is 12.2 Å². The summed E-state index contributed by atoms with van der Waals surface area (Å²) in [6.07, 6.45) is 0.740. The summed E-state index contributed by atoms with van der Waals surface area (Å²) < 4.78 is 0. The Labute approximate surface area is 143 Å². The number of fused-ring (bicyclic) bond motifs is 1. The van der Waals surface area contributed by atoms with Crippen LogP contribution in [0, 0.1) is 11.8 Å². The molecule has 0 bridgehead atoms. The first-order chi connectivity index (χ1) is 11.3. The molecular formula is C17H27N5O2. The Morgan fingerprint density at radius 2 is 1.92 bits per heavy atom. The van der Waals surface area contributed by atoms with Gasteiger partial charge in [-0.2, -0.15) is 0 Å². The number of imide groups is 1. The topological polar surface area (TPSA) is 68.2 Å². The Kier molecular flexibility index (Phi) is 4.27. The molecule has 3 rings (SSSR count). The molecule has 2 saturated heterocycles. The molecule has 0 saturated carbocycles. The normalized spacial score (nSPS) is 33.3. The number of guanidine groups is 1. The van der Waals surface area contributed by atoms with Gasteiger partial charge in [0.25, 0.3) is 5.91 Å². The molecule has 4 atom stereocenters. The molecule has 132 valence electrons. The zero-order chi connectivity index (χ0) is 17.6. The minimum absolute atomic E-state index is 0.277. The number of nitrogens with one attached hydrogen (secondary N) is 1. The Hall–Kier alpha value is -2.05. The summed E-state index contributed by atoms with van der Waals surface area (Å²) in [6, 6.07) is -0.867. The Morgan fingerprint density at radius 3 is 2.50 bits per heavy atom. The zero-order valence-corrected chi connectivity index (χ0v) is 15.0. The van der Waals surface area contributed by atoms with Crippen LogP contribution < -0.4 is 5.32 Å². The van der Waals surface area contributed by atoms with Crippen molar-refractivity contribution in [3.63, 3.8) is 0 Å². The van der Waals surface area contributed by atoms with Crippen LogP contribution in [0.15, 0.2) is 17.1 Å². The van der Waals surface area contributed by atoms with Crippen LogP contribution in [0.3, 0.4) is 0 Å². The van der Waals surface area contributed by atoms with E-state index in [4.69, 9.17) is 4.99 Å². The molecule has 3 aliphatic heterocycles. The fraction of sp³-hybridized carbons (Fsp3) is 0.706. The monoisotopic (exact) mass is 333 g/mol. The van der Waals surface area contributed by atoms with Gasteiger partial charge in [0.1, 0.15) is 0 Å². The average molecular weight is 333 g/mol. The molecule has 0 spiro atoms. The lowest BCUT2D eigenvalue weighted by molar-refractivity contribution is -0.127. The first-order valence-corrected chi connectivity index (χ1v) is 8.59. The molecule has 3 heterocycles. The maximum atomic E-state index is 12.5. The van der Waals surface area contributed by atoms with Crippen molar-refractivity contribution in [2.45, 2.75) is 39.4 Å². The lowest BCUT2D eigenvalue weighted by atomic mass is 9.92. The molecule has 7 heteroatoms. The predicted molar refractivity (Wildman–Crippen MR) is 92.4 cm³/mol. The Morgan fingerprint density at radius 1 is 1.29 bits per heavy atom. The highest BCUT2D eigenvalue weighted by Crippen LogP contribution is 2.29. The van der Waals surface area contributed by atoms with Crippen molar-refractivity contribution in [3.8, 4) is 0 Å². The summed E-state index contributed by atoms with van der Waals surface area (Å²) in [4.78, 5) is 35.0. The maximum absolute atomic E-state index is 12.5. The largest absolute Gasteiger partial charge is 0.342 e. The van der Waals surface area contributed by atoms with Crippen molar-refractivity contribution in [2.75, 3.05) is 26.7 Å². The number of likely N-dealkylation sites (tertiary alicyclic amines) is 1. The van der Waals surface area contributed by atoms with Gasteiger partial charge in [0.15, 0.2) is 18.2 Å². The Bertz CT molecular complexity index is 592. The number of hydrogen-bond acceptors (Lipinski definition) is 5. The zero-order valence-electron chi connectivity index (χ0n) is 15.0. The number of aliphatic imine (C=N–C) groups is 1. The number of amides is 3. The maximum Gasteiger partial charge on any atom is 0.325 e. The van der Waals surface area contributed by atoms with Crippen LogP contribution in [0.25, 0.3) is 0 Å². The van der Waals surface area contributed by atoms with Gasteiger partial charge in [0, 0.05) is 26.7 Å². The lowest BCUT2D eigenvalue weighted by Crippen LogP contribution is -2.64. The third kappa shape index (κ3) is 2.87. The van der Waals surface area contributed by atoms with Gasteiger partial charge in [-0.1, -0.05) is 26.0 Å². The number of rotatable bonds is 2. The Balaban J connectivity index is 1.94. The summed E-state index contributed by atoms with van der Waals surface area (Å²) in [5.74, 6) is 1.71. The first kappa shape index (κ1) is 16.8. The molecule has 0 aromatic rings. The number of carbonyl (C=O) groups is 2. The molecule has 3 amide bonds. The first-order valence-electron chi connectivity index (χ1n) is 8.59.